The zero-order chi connectivity index (χ0) is 18.8. The normalized spacial score (nSPS) is 23.0. The van der Waals surface area contributed by atoms with E-state index < -0.39 is 0 Å². The molecule has 2 aliphatic rings. The lowest BCUT2D eigenvalue weighted by atomic mass is 10.1. The second-order valence-electron chi connectivity index (χ2n) is 6.70. The fraction of sp³-hybridized carbons (Fsp3) is 0.421. The highest BCUT2D eigenvalue weighted by Gasteiger charge is 2.26. The monoisotopic (exact) mass is 385 g/mol. The van der Waals surface area contributed by atoms with Crippen LogP contribution in [0.15, 0.2) is 45.0 Å². The van der Waals surface area contributed by atoms with Crippen molar-refractivity contribution >= 4 is 23.7 Å². The van der Waals surface area contributed by atoms with Gasteiger partial charge in [0.15, 0.2) is 5.96 Å². The summed E-state index contributed by atoms with van der Waals surface area (Å²) in [6.45, 7) is 3.21. The van der Waals surface area contributed by atoms with Crippen molar-refractivity contribution in [1.29, 1.82) is 0 Å². The molecule has 2 aromatic rings. The third kappa shape index (κ3) is 3.86. The topological polar surface area (TPSA) is 80.5 Å². The minimum absolute atomic E-state index is 0.102. The molecule has 0 radical (unpaired) electrons. The number of hydrogen-bond donors (Lipinski definition) is 2. The van der Waals surface area contributed by atoms with Gasteiger partial charge in [0.1, 0.15) is 6.17 Å². The lowest BCUT2D eigenvalue weighted by Crippen LogP contribution is -2.48. The summed E-state index contributed by atoms with van der Waals surface area (Å²) in [5.41, 5.74) is 1.55. The first-order valence-electron chi connectivity index (χ1n) is 9.08. The van der Waals surface area contributed by atoms with Crippen LogP contribution in [-0.4, -0.2) is 41.0 Å². The maximum atomic E-state index is 12.6. The number of anilines is 1. The summed E-state index contributed by atoms with van der Waals surface area (Å²) >= 11 is 1.69. The molecule has 2 atom stereocenters. The second-order valence-corrected chi connectivity index (χ2v) is 7.58. The number of aliphatic imine (C=N–C) groups is 1. The molecule has 1 fully saturated rings. The van der Waals surface area contributed by atoms with E-state index in [0.29, 0.717) is 24.1 Å². The first kappa shape index (κ1) is 18.1. The SMILES string of the molecule is CSc1ccc([C@@H]2NC(=NC[C@H]3CCCO3)Nc3nc(C)cc(=O)n32)cc1. The van der Waals surface area contributed by atoms with Crippen LogP contribution in [0.25, 0.3) is 0 Å². The second kappa shape index (κ2) is 7.74. The Labute approximate surface area is 162 Å². The predicted octanol–water partition coefficient (Wildman–Crippen LogP) is 2.37. The van der Waals surface area contributed by atoms with Gasteiger partial charge in [0, 0.05) is 23.3 Å². The molecule has 27 heavy (non-hydrogen) atoms. The van der Waals surface area contributed by atoms with E-state index in [-0.39, 0.29) is 17.8 Å². The van der Waals surface area contributed by atoms with Gasteiger partial charge in [0.25, 0.3) is 5.56 Å². The first-order chi connectivity index (χ1) is 13.1. The molecule has 0 unspecified atom stereocenters. The van der Waals surface area contributed by atoms with E-state index >= 15 is 0 Å². The average molecular weight is 385 g/mol. The summed E-state index contributed by atoms with van der Waals surface area (Å²) in [7, 11) is 0. The summed E-state index contributed by atoms with van der Waals surface area (Å²) in [5.74, 6) is 1.12. The van der Waals surface area contributed by atoms with Gasteiger partial charge in [-0.3, -0.25) is 19.7 Å². The van der Waals surface area contributed by atoms with Crippen molar-refractivity contribution in [3.63, 3.8) is 0 Å². The van der Waals surface area contributed by atoms with Crippen LogP contribution < -0.4 is 16.2 Å². The minimum atomic E-state index is -0.360. The number of nitrogens with one attached hydrogen (secondary N) is 2. The Bertz CT molecular complexity index is 903. The smallest absolute Gasteiger partial charge is 0.257 e. The number of aromatic nitrogens is 2. The molecule has 0 spiro atoms. The van der Waals surface area contributed by atoms with Crippen molar-refractivity contribution in [3.8, 4) is 0 Å². The quantitative estimate of drug-likeness (QED) is 0.787. The number of thioether (sulfide) groups is 1. The van der Waals surface area contributed by atoms with Gasteiger partial charge < -0.3 is 10.1 Å². The number of ether oxygens (including phenoxy) is 1. The summed E-state index contributed by atoms with van der Waals surface area (Å²) in [6.07, 6.45) is 3.96. The van der Waals surface area contributed by atoms with Gasteiger partial charge in [-0.15, -0.1) is 11.8 Å². The van der Waals surface area contributed by atoms with Crippen molar-refractivity contribution < 1.29 is 4.74 Å². The van der Waals surface area contributed by atoms with Gasteiger partial charge in [-0.1, -0.05) is 12.1 Å². The molecule has 1 aromatic heterocycles. The summed E-state index contributed by atoms with van der Waals surface area (Å²) < 4.78 is 7.28. The number of fused-ring (bicyclic) bond motifs is 1. The highest BCUT2D eigenvalue weighted by atomic mass is 32.2. The maximum absolute atomic E-state index is 12.6. The standard InChI is InChI=1S/C19H23N5O2S/c1-12-10-16(25)24-17(13-5-7-15(27-2)8-6-13)22-18(23-19(24)21-12)20-11-14-4-3-9-26-14/h5-8,10,14,17H,3-4,9,11H2,1-2H3,(H2,20,21,22,23)/t14-,17-/m1/s1. The van der Waals surface area contributed by atoms with Crippen molar-refractivity contribution in [3.05, 3.63) is 51.9 Å². The van der Waals surface area contributed by atoms with E-state index in [9.17, 15) is 4.79 Å². The molecule has 0 amide bonds. The Hall–Kier alpha value is -2.32. The molecule has 0 aliphatic carbocycles. The Morgan fingerprint density at radius 1 is 1.37 bits per heavy atom. The molecule has 2 aliphatic heterocycles. The molecule has 3 heterocycles. The number of nitrogens with zero attached hydrogens (tertiary/aromatic N) is 3. The number of hydrogen-bond acceptors (Lipinski definition) is 5. The molecule has 7 nitrogen and oxygen atoms in total. The van der Waals surface area contributed by atoms with E-state index in [1.165, 1.54) is 4.90 Å². The van der Waals surface area contributed by atoms with Gasteiger partial charge in [-0.25, -0.2) is 4.98 Å². The zero-order valence-electron chi connectivity index (χ0n) is 15.4. The van der Waals surface area contributed by atoms with Crippen LogP contribution in [0, 0.1) is 6.92 Å². The average Bonchev–Trinajstić information content (AvgIpc) is 3.19. The molecule has 0 saturated carbocycles. The van der Waals surface area contributed by atoms with Gasteiger partial charge in [0.05, 0.1) is 12.6 Å². The van der Waals surface area contributed by atoms with E-state index in [4.69, 9.17) is 4.74 Å². The van der Waals surface area contributed by atoms with Crippen LogP contribution in [0.5, 0.6) is 0 Å². The lowest BCUT2D eigenvalue weighted by Gasteiger charge is -2.31. The number of benzene rings is 1. The zero-order valence-corrected chi connectivity index (χ0v) is 16.3. The van der Waals surface area contributed by atoms with E-state index in [0.717, 1.165) is 25.0 Å². The largest absolute Gasteiger partial charge is 0.376 e. The molecule has 0 bridgehead atoms. The van der Waals surface area contributed by atoms with Gasteiger partial charge in [-0.2, -0.15) is 0 Å². The molecule has 1 saturated heterocycles. The number of rotatable bonds is 4. The Balaban J connectivity index is 1.69. The molecule has 2 N–H and O–H groups in total. The highest BCUT2D eigenvalue weighted by Crippen LogP contribution is 2.24. The van der Waals surface area contributed by atoms with Crippen molar-refractivity contribution in [2.75, 3.05) is 24.7 Å². The van der Waals surface area contributed by atoms with Crippen LogP contribution in [0.4, 0.5) is 5.95 Å². The number of aryl methyl sites for hydroxylation is 1. The Kier molecular flexibility index (Phi) is 5.18. The van der Waals surface area contributed by atoms with Crippen molar-refractivity contribution in [2.24, 2.45) is 4.99 Å². The third-order valence-electron chi connectivity index (χ3n) is 4.75. The van der Waals surface area contributed by atoms with Crippen LogP contribution in [0.3, 0.4) is 0 Å². The fourth-order valence-electron chi connectivity index (χ4n) is 3.36. The summed E-state index contributed by atoms with van der Waals surface area (Å²) in [5, 5.41) is 6.50. The van der Waals surface area contributed by atoms with Crippen LogP contribution in [0.2, 0.25) is 0 Å². The molecule has 4 rings (SSSR count). The predicted molar refractivity (Wildman–Crippen MR) is 108 cm³/mol. The Morgan fingerprint density at radius 2 is 2.19 bits per heavy atom. The Morgan fingerprint density at radius 3 is 2.89 bits per heavy atom. The molecule has 142 valence electrons. The van der Waals surface area contributed by atoms with Crippen LogP contribution in [-0.2, 0) is 4.74 Å². The van der Waals surface area contributed by atoms with Crippen LogP contribution in [0.1, 0.15) is 30.3 Å². The van der Waals surface area contributed by atoms with Crippen molar-refractivity contribution in [2.45, 2.75) is 36.9 Å². The van der Waals surface area contributed by atoms with E-state index in [2.05, 4.69) is 32.7 Å². The highest BCUT2D eigenvalue weighted by molar-refractivity contribution is 7.98. The van der Waals surface area contributed by atoms with Gasteiger partial charge >= 0.3 is 0 Å². The summed E-state index contributed by atoms with van der Waals surface area (Å²) in [4.78, 5) is 23.0. The van der Waals surface area contributed by atoms with Crippen molar-refractivity contribution in [1.82, 2.24) is 14.9 Å². The van der Waals surface area contributed by atoms with Gasteiger partial charge in [0.2, 0.25) is 5.95 Å². The van der Waals surface area contributed by atoms with E-state index in [1.807, 2.05) is 25.3 Å². The fourth-order valence-corrected chi connectivity index (χ4v) is 3.77. The van der Waals surface area contributed by atoms with E-state index in [1.54, 1.807) is 22.4 Å². The lowest BCUT2D eigenvalue weighted by molar-refractivity contribution is 0.117. The number of guanidine groups is 1. The molecule has 1 aromatic carbocycles. The summed E-state index contributed by atoms with van der Waals surface area (Å²) in [6, 6.07) is 9.72. The molecular formula is C19H23N5O2S. The molecule has 8 heteroatoms. The minimum Gasteiger partial charge on any atom is -0.376 e. The first-order valence-corrected chi connectivity index (χ1v) is 10.3. The molecular weight excluding hydrogens is 362 g/mol. The maximum Gasteiger partial charge on any atom is 0.257 e. The van der Waals surface area contributed by atoms with Crippen LogP contribution >= 0.6 is 11.8 Å². The third-order valence-corrected chi connectivity index (χ3v) is 5.49. The van der Waals surface area contributed by atoms with Gasteiger partial charge in [-0.05, 0) is 43.7 Å².